The molecule has 7 nitrogen and oxygen atoms in total. The molecule has 1 amide bonds. The van der Waals surface area contributed by atoms with Gasteiger partial charge in [0, 0.05) is 24.0 Å². The van der Waals surface area contributed by atoms with E-state index in [1.54, 1.807) is 17.5 Å². The highest BCUT2D eigenvalue weighted by atomic mass is 35.5. The highest BCUT2D eigenvalue weighted by Crippen LogP contribution is 2.44. The van der Waals surface area contributed by atoms with Crippen LogP contribution in [0, 0.1) is 5.92 Å². The Morgan fingerprint density at radius 1 is 1.10 bits per heavy atom. The molecule has 0 spiro atoms. The lowest BCUT2D eigenvalue weighted by Gasteiger charge is -2.29. The third-order valence-corrected chi connectivity index (χ3v) is 8.35. The van der Waals surface area contributed by atoms with E-state index in [1.165, 1.54) is 0 Å². The fraction of sp³-hybridized carbons (Fsp3) is 0.172. The lowest BCUT2D eigenvalue weighted by atomic mass is 10.0. The number of hydrogen-bond acceptors (Lipinski definition) is 5. The van der Waals surface area contributed by atoms with Gasteiger partial charge in [0.2, 0.25) is 5.91 Å². The van der Waals surface area contributed by atoms with E-state index in [-0.39, 0.29) is 23.9 Å². The average Bonchev–Trinajstić information content (AvgIpc) is 3.66. The molecule has 1 aliphatic rings. The van der Waals surface area contributed by atoms with Gasteiger partial charge in [-0.1, -0.05) is 55.0 Å². The zero-order chi connectivity index (χ0) is 27.1. The van der Waals surface area contributed by atoms with Crippen molar-refractivity contribution in [3.05, 3.63) is 102 Å². The van der Waals surface area contributed by atoms with E-state index in [9.17, 15) is 4.79 Å². The van der Waals surface area contributed by atoms with Crippen LogP contribution in [-0.4, -0.2) is 25.6 Å². The number of thiocarbonyl (C=S) groups is 1. The Hall–Kier alpha value is -3.79. The van der Waals surface area contributed by atoms with E-state index in [0.29, 0.717) is 15.8 Å². The van der Waals surface area contributed by atoms with E-state index in [4.69, 9.17) is 28.8 Å². The van der Waals surface area contributed by atoms with Gasteiger partial charge >= 0.3 is 0 Å². The van der Waals surface area contributed by atoms with Crippen LogP contribution in [0.2, 0.25) is 5.02 Å². The van der Waals surface area contributed by atoms with Crippen LogP contribution in [0.4, 0.5) is 11.4 Å². The van der Waals surface area contributed by atoms with Crippen molar-refractivity contribution in [3.63, 3.8) is 0 Å². The van der Waals surface area contributed by atoms with Crippen molar-refractivity contribution in [3.8, 4) is 5.13 Å². The van der Waals surface area contributed by atoms with Gasteiger partial charge in [-0.2, -0.15) is 0 Å². The maximum absolute atomic E-state index is 12.3. The number of amides is 1. The van der Waals surface area contributed by atoms with Crippen molar-refractivity contribution in [2.24, 2.45) is 5.92 Å². The fourth-order valence-electron chi connectivity index (χ4n) is 4.74. The van der Waals surface area contributed by atoms with Gasteiger partial charge in [0.1, 0.15) is 6.04 Å². The van der Waals surface area contributed by atoms with Crippen molar-refractivity contribution in [1.82, 2.24) is 19.9 Å². The first kappa shape index (κ1) is 25.5. The minimum atomic E-state index is -0.249. The summed E-state index contributed by atoms with van der Waals surface area (Å²) < 4.78 is 3.24. The second-order valence-corrected chi connectivity index (χ2v) is 11.4. The fourth-order valence-corrected chi connectivity index (χ4v) is 6.28. The summed E-state index contributed by atoms with van der Waals surface area (Å²) in [7, 11) is 0. The summed E-state index contributed by atoms with van der Waals surface area (Å²) in [6.07, 6.45) is 3.81. The third-order valence-electron chi connectivity index (χ3n) is 6.68. The molecule has 10 heteroatoms. The number of hydrogen-bond donors (Lipinski definition) is 2. The van der Waals surface area contributed by atoms with Gasteiger partial charge in [-0.25, -0.2) is 4.98 Å². The topological polar surface area (TPSA) is 75.1 Å². The second-order valence-electron chi connectivity index (χ2n) is 9.57. The van der Waals surface area contributed by atoms with Crippen LogP contribution in [0.25, 0.3) is 15.3 Å². The quantitative estimate of drug-likeness (QED) is 0.215. The lowest BCUT2D eigenvalue weighted by Crippen LogP contribution is -2.30. The van der Waals surface area contributed by atoms with Crippen LogP contribution in [-0.2, 0) is 4.79 Å². The Bertz CT molecular complexity index is 1650. The zero-order valence-corrected chi connectivity index (χ0v) is 23.6. The molecule has 3 aromatic heterocycles. The molecule has 6 rings (SSSR count). The number of pyridine rings is 1. The number of rotatable bonds is 6. The molecule has 4 heterocycles. The van der Waals surface area contributed by atoms with E-state index in [2.05, 4.69) is 37.2 Å². The molecule has 0 saturated carbocycles. The Balaban J connectivity index is 1.45. The molecule has 5 aromatic rings. The number of nitrogens with one attached hydrogen (secondary N) is 2. The molecule has 0 unspecified atom stereocenters. The standard InChI is InChI=1S/C29H25ClN6OS2/c1-17(2)27(37)32-20-13-12-18(16-19(20)30)36-26(25(34-28(36)38)22-9-5-6-14-31-22)23-10-7-15-35(23)29-33-21-8-3-4-11-24(21)39-29/h3-17,25-26H,1-2H3,(H,32,37)(H,34,38)/t25-,26+/m0/s1. The van der Waals surface area contributed by atoms with E-state index < -0.39 is 0 Å². The first-order chi connectivity index (χ1) is 18.9. The van der Waals surface area contributed by atoms with Crippen LogP contribution < -0.4 is 15.5 Å². The largest absolute Gasteiger partial charge is 0.351 e. The number of nitrogens with zero attached hydrogens (tertiary/aromatic N) is 4. The first-order valence-electron chi connectivity index (χ1n) is 12.5. The molecule has 0 bridgehead atoms. The molecule has 2 N–H and O–H groups in total. The van der Waals surface area contributed by atoms with Crippen molar-refractivity contribution < 1.29 is 4.79 Å². The Morgan fingerprint density at radius 2 is 1.92 bits per heavy atom. The summed E-state index contributed by atoms with van der Waals surface area (Å²) in [5.41, 5.74) is 4.20. The van der Waals surface area contributed by atoms with Gasteiger partial charge < -0.3 is 15.5 Å². The van der Waals surface area contributed by atoms with Gasteiger partial charge in [-0.05, 0) is 66.8 Å². The molecular formula is C29H25ClN6OS2. The maximum Gasteiger partial charge on any atom is 0.226 e. The van der Waals surface area contributed by atoms with Crippen molar-refractivity contribution in [2.45, 2.75) is 25.9 Å². The number of carbonyl (C=O) groups excluding carboxylic acids is 1. The summed E-state index contributed by atoms with van der Waals surface area (Å²) in [5, 5.41) is 8.26. The highest BCUT2D eigenvalue weighted by molar-refractivity contribution is 7.80. The van der Waals surface area contributed by atoms with Crippen LogP contribution >= 0.6 is 35.2 Å². The number of benzene rings is 2. The predicted octanol–water partition coefficient (Wildman–Crippen LogP) is 6.91. The SMILES string of the molecule is CC(C)C(=O)Nc1ccc(N2C(=S)N[C@@H](c3ccccn3)[C@H]2c2cccn2-c2nc3ccccc3s2)cc1Cl. The van der Waals surface area contributed by atoms with E-state index >= 15 is 0 Å². The molecule has 2 atom stereocenters. The Labute approximate surface area is 240 Å². The molecular weight excluding hydrogens is 548 g/mol. The average molecular weight is 573 g/mol. The number of halogens is 1. The highest BCUT2D eigenvalue weighted by Gasteiger charge is 2.42. The lowest BCUT2D eigenvalue weighted by molar-refractivity contribution is -0.118. The molecule has 39 heavy (non-hydrogen) atoms. The van der Waals surface area contributed by atoms with E-state index in [1.807, 2.05) is 80.7 Å². The van der Waals surface area contributed by atoms with Crippen molar-refractivity contribution in [1.29, 1.82) is 0 Å². The number of carbonyl (C=O) groups is 1. The Kier molecular flexibility index (Phi) is 6.80. The van der Waals surface area contributed by atoms with Crippen molar-refractivity contribution in [2.75, 3.05) is 10.2 Å². The van der Waals surface area contributed by atoms with Gasteiger partial charge in [0.25, 0.3) is 0 Å². The van der Waals surface area contributed by atoms with Crippen LogP contribution in [0.5, 0.6) is 0 Å². The van der Waals surface area contributed by atoms with Crippen LogP contribution in [0.1, 0.15) is 37.3 Å². The number of anilines is 2. The molecule has 1 saturated heterocycles. The molecule has 196 valence electrons. The summed E-state index contributed by atoms with van der Waals surface area (Å²) >= 11 is 14.2. The van der Waals surface area contributed by atoms with Gasteiger partial charge in [0.15, 0.2) is 10.2 Å². The second kappa shape index (κ2) is 10.4. The number of fused-ring (bicyclic) bond motifs is 1. The van der Waals surface area contributed by atoms with Gasteiger partial charge in [0.05, 0.1) is 38.4 Å². The van der Waals surface area contributed by atoms with Crippen LogP contribution in [0.15, 0.2) is 85.2 Å². The van der Waals surface area contributed by atoms with Gasteiger partial charge in [-0.15, -0.1) is 0 Å². The number of thiazole rings is 1. The Morgan fingerprint density at radius 3 is 2.67 bits per heavy atom. The monoisotopic (exact) mass is 572 g/mol. The number of aromatic nitrogens is 3. The smallest absolute Gasteiger partial charge is 0.226 e. The summed E-state index contributed by atoms with van der Waals surface area (Å²) in [6, 6.07) is 23.2. The van der Waals surface area contributed by atoms with E-state index in [0.717, 1.165) is 32.4 Å². The van der Waals surface area contributed by atoms with Crippen molar-refractivity contribution >= 4 is 67.8 Å². The molecule has 1 fully saturated rings. The first-order valence-corrected chi connectivity index (χ1v) is 14.2. The molecule has 0 radical (unpaired) electrons. The molecule has 0 aliphatic carbocycles. The minimum Gasteiger partial charge on any atom is -0.351 e. The minimum absolute atomic E-state index is 0.0928. The zero-order valence-electron chi connectivity index (χ0n) is 21.2. The summed E-state index contributed by atoms with van der Waals surface area (Å²) in [4.78, 5) is 23.9. The maximum atomic E-state index is 12.3. The molecule has 2 aromatic carbocycles. The third kappa shape index (κ3) is 4.78. The number of para-hydroxylation sites is 1. The predicted molar refractivity (Wildman–Crippen MR) is 162 cm³/mol. The molecule has 1 aliphatic heterocycles. The normalized spacial score (nSPS) is 17.1. The summed E-state index contributed by atoms with van der Waals surface area (Å²) in [6.45, 7) is 3.68. The summed E-state index contributed by atoms with van der Waals surface area (Å²) in [5.74, 6) is -0.250. The van der Waals surface area contributed by atoms with Crippen LogP contribution in [0.3, 0.4) is 0 Å². The van der Waals surface area contributed by atoms with Gasteiger partial charge in [-0.3, -0.25) is 14.3 Å².